The molecule has 0 amide bonds. The second-order valence-corrected chi connectivity index (χ2v) is 4.57. The molecule has 22 heavy (non-hydrogen) atoms. The van der Waals surface area contributed by atoms with E-state index in [0.717, 1.165) is 0 Å². The molecule has 3 rings (SSSR count). The third-order valence-corrected chi connectivity index (χ3v) is 3.02. The number of ketones is 1. The lowest BCUT2D eigenvalue weighted by Crippen LogP contribution is -2.11. The Morgan fingerprint density at radius 3 is 2.64 bits per heavy atom. The Morgan fingerprint density at radius 2 is 1.95 bits per heavy atom. The van der Waals surface area contributed by atoms with Crippen LogP contribution in [0.25, 0.3) is 11.0 Å². The third kappa shape index (κ3) is 2.54. The Kier molecular flexibility index (Phi) is 3.34. The van der Waals surface area contributed by atoms with Gasteiger partial charge in [0.2, 0.25) is 5.76 Å². The Balaban J connectivity index is 1.96. The molecule has 3 aromatic rings. The van der Waals surface area contributed by atoms with Gasteiger partial charge in [-0.1, -0.05) is 0 Å². The number of esters is 1. The fourth-order valence-corrected chi connectivity index (χ4v) is 1.95. The molecule has 0 aliphatic heterocycles. The zero-order valence-corrected chi connectivity index (χ0v) is 11.5. The molecule has 6 heteroatoms. The number of fused-ring (bicyclic) bond motifs is 1. The summed E-state index contributed by atoms with van der Waals surface area (Å²) in [5.41, 5.74) is -0.526. The zero-order valence-electron chi connectivity index (χ0n) is 11.5. The quantitative estimate of drug-likeness (QED) is 0.320. The maximum atomic E-state index is 11.8. The molecule has 0 atom stereocenters. The molecular weight excluding hydrogens is 288 g/mol. The standard InChI is InChI=1S/C16H10O6/c1-9(17)12-7-10-4-5-11(8-14(10)22-15(12)18)21-16(19)13-3-2-6-20-13/h2-8H,1H3. The van der Waals surface area contributed by atoms with Gasteiger partial charge in [0.1, 0.15) is 16.9 Å². The zero-order chi connectivity index (χ0) is 15.7. The smallest absolute Gasteiger partial charge is 0.379 e. The topological polar surface area (TPSA) is 86.7 Å². The van der Waals surface area contributed by atoms with Crippen molar-refractivity contribution < 1.29 is 23.2 Å². The molecule has 0 spiro atoms. The fraction of sp³-hybridized carbons (Fsp3) is 0.0625. The summed E-state index contributed by atoms with van der Waals surface area (Å²) in [7, 11) is 0. The molecule has 0 N–H and O–H groups in total. The number of furan rings is 1. The number of benzene rings is 1. The van der Waals surface area contributed by atoms with Crippen LogP contribution in [0.1, 0.15) is 27.8 Å². The van der Waals surface area contributed by atoms with Crippen molar-refractivity contribution in [1.82, 2.24) is 0 Å². The highest BCUT2D eigenvalue weighted by molar-refractivity contribution is 5.96. The minimum absolute atomic E-state index is 0.0205. The molecule has 1 aromatic carbocycles. The van der Waals surface area contributed by atoms with Crippen LogP contribution < -0.4 is 10.4 Å². The largest absolute Gasteiger partial charge is 0.457 e. The van der Waals surface area contributed by atoms with Crippen molar-refractivity contribution in [2.45, 2.75) is 6.92 Å². The van der Waals surface area contributed by atoms with Gasteiger partial charge < -0.3 is 13.6 Å². The molecule has 0 bridgehead atoms. The summed E-state index contributed by atoms with van der Waals surface area (Å²) < 4.78 is 15.1. The summed E-state index contributed by atoms with van der Waals surface area (Å²) in [6.07, 6.45) is 1.36. The van der Waals surface area contributed by atoms with Gasteiger partial charge in [-0.2, -0.15) is 0 Å². The number of ether oxygens (including phenoxy) is 1. The molecule has 0 radical (unpaired) electrons. The SMILES string of the molecule is CC(=O)c1cc2ccc(OC(=O)c3ccco3)cc2oc1=O. The highest BCUT2D eigenvalue weighted by Crippen LogP contribution is 2.21. The van der Waals surface area contributed by atoms with Crippen molar-refractivity contribution in [1.29, 1.82) is 0 Å². The molecule has 0 unspecified atom stereocenters. The van der Waals surface area contributed by atoms with Crippen molar-refractivity contribution >= 4 is 22.7 Å². The van der Waals surface area contributed by atoms with Crippen molar-refractivity contribution in [2.75, 3.05) is 0 Å². The van der Waals surface area contributed by atoms with Gasteiger partial charge in [0.25, 0.3) is 0 Å². The summed E-state index contributed by atoms with van der Waals surface area (Å²) in [6, 6.07) is 9.02. The maximum absolute atomic E-state index is 11.8. The van der Waals surface area contributed by atoms with Crippen LogP contribution in [0.15, 0.2) is 56.3 Å². The molecule has 0 aliphatic rings. The first-order chi connectivity index (χ1) is 10.5. The van der Waals surface area contributed by atoms with Crippen LogP contribution in [0, 0.1) is 0 Å². The van der Waals surface area contributed by atoms with Crippen LogP contribution in [0.3, 0.4) is 0 Å². The van der Waals surface area contributed by atoms with Crippen LogP contribution in [0.5, 0.6) is 5.75 Å². The van der Waals surface area contributed by atoms with Gasteiger partial charge in [-0.15, -0.1) is 0 Å². The predicted molar refractivity (Wildman–Crippen MR) is 76.2 cm³/mol. The predicted octanol–water partition coefficient (Wildman–Crippen LogP) is 2.81. The highest BCUT2D eigenvalue weighted by Gasteiger charge is 2.13. The van der Waals surface area contributed by atoms with E-state index in [2.05, 4.69) is 0 Å². The van der Waals surface area contributed by atoms with Gasteiger partial charge >= 0.3 is 11.6 Å². The molecule has 0 fully saturated rings. The van der Waals surface area contributed by atoms with Gasteiger partial charge in [-0.05, 0) is 37.3 Å². The lowest BCUT2D eigenvalue weighted by molar-refractivity contribution is 0.0701. The van der Waals surface area contributed by atoms with E-state index in [9.17, 15) is 14.4 Å². The van der Waals surface area contributed by atoms with Gasteiger partial charge in [0.15, 0.2) is 5.78 Å². The molecule has 0 saturated carbocycles. The molecule has 2 aromatic heterocycles. The number of hydrogen-bond acceptors (Lipinski definition) is 6. The molecule has 6 nitrogen and oxygen atoms in total. The molecule has 0 aliphatic carbocycles. The first-order valence-electron chi connectivity index (χ1n) is 6.39. The van der Waals surface area contributed by atoms with E-state index in [4.69, 9.17) is 13.6 Å². The lowest BCUT2D eigenvalue weighted by Gasteiger charge is -2.04. The van der Waals surface area contributed by atoms with E-state index < -0.39 is 11.6 Å². The van der Waals surface area contributed by atoms with E-state index in [1.807, 2.05) is 0 Å². The summed E-state index contributed by atoms with van der Waals surface area (Å²) in [5, 5.41) is 0.558. The maximum Gasteiger partial charge on any atom is 0.379 e. The normalized spacial score (nSPS) is 10.6. The van der Waals surface area contributed by atoms with Crippen LogP contribution in [-0.4, -0.2) is 11.8 Å². The van der Waals surface area contributed by atoms with Crippen molar-refractivity contribution in [2.24, 2.45) is 0 Å². The van der Waals surface area contributed by atoms with Crippen molar-refractivity contribution in [3.8, 4) is 5.75 Å². The number of carbonyl (C=O) groups is 2. The van der Waals surface area contributed by atoms with E-state index in [0.29, 0.717) is 5.39 Å². The summed E-state index contributed by atoms with van der Waals surface area (Å²) in [6.45, 7) is 1.29. The Labute approximate surface area is 123 Å². The first kappa shape index (κ1) is 13.8. The number of carbonyl (C=O) groups excluding carboxylic acids is 2. The highest BCUT2D eigenvalue weighted by atomic mass is 16.5. The number of hydrogen-bond donors (Lipinski definition) is 0. The average molecular weight is 298 g/mol. The Hall–Kier alpha value is -3.15. The Bertz CT molecular complexity index is 917. The van der Waals surface area contributed by atoms with Gasteiger partial charge in [-0.25, -0.2) is 9.59 Å². The van der Waals surface area contributed by atoms with Crippen molar-refractivity contribution in [3.63, 3.8) is 0 Å². The van der Waals surface area contributed by atoms with Crippen LogP contribution >= 0.6 is 0 Å². The van der Waals surface area contributed by atoms with Gasteiger partial charge in [0.05, 0.1) is 6.26 Å². The summed E-state index contributed by atoms with van der Waals surface area (Å²) in [4.78, 5) is 34.8. The minimum Gasteiger partial charge on any atom is -0.457 e. The number of rotatable bonds is 3. The number of Topliss-reactive ketones (excluding diaryl/α,β-unsaturated/α-hetero) is 1. The summed E-state index contributed by atoms with van der Waals surface area (Å²) in [5.74, 6) is -0.767. The molecule has 2 heterocycles. The molecular formula is C16H10O6. The van der Waals surface area contributed by atoms with Gasteiger partial charge in [0, 0.05) is 11.5 Å². The van der Waals surface area contributed by atoms with Crippen molar-refractivity contribution in [3.05, 3.63) is 64.4 Å². The fourth-order valence-electron chi connectivity index (χ4n) is 1.95. The second-order valence-electron chi connectivity index (χ2n) is 4.57. The molecule has 0 saturated heterocycles. The van der Waals surface area contributed by atoms with Crippen LogP contribution in [-0.2, 0) is 0 Å². The van der Waals surface area contributed by atoms with Gasteiger partial charge in [-0.3, -0.25) is 4.79 Å². The van der Waals surface area contributed by atoms with Crippen LogP contribution in [0.4, 0.5) is 0 Å². The lowest BCUT2D eigenvalue weighted by atomic mass is 10.1. The van der Waals surface area contributed by atoms with E-state index >= 15 is 0 Å². The minimum atomic E-state index is -0.727. The van der Waals surface area contributed by atoms with Crippen LogP contribution in [0.2, 0.25) is 0 Å². The first-order valence-corrected chi connectivity index (χ1v) is 6.39. The van der Waals surface area contributed by atoms with E-state index in [1.54, 1.807) is 12.1 Å². The molecule has 110 valence electrons. The monoisotopic (exact) mass is 298 g/mol. The third-order valence-electron chi connectivity index (χ3n) is 3.02. The average Bonchev–Trinajstić information content (AvgIpc) is 3.00. The Morgan fingerprint density at radius 1 is 1.14 bits per heavy atom. The second kappa shape index (κ2) is 5.33. The van der Waals surface area contributed by atoms with E-state index in [-0.39, 0.29) is 28.4 Å². The van der Waals surface area contributed by atoms with E-state index in [1.165, 1.54) is 37.5 Å². The summed E-state index contributed by atoms with van der Waals surface area (Å²) >= 11 is 0.